The van der Waals surface area contributed by atoms with Crippen LogP contribution in [0.25, 0.3) is 0 Å². The van der Waals surface area contributed by atoms with Crippen LogP contribution in [0.2, 0.25) is 0 Å². The van der Waals surface area contributed by atoms with Gasteiger partial charge in [0.1, 0.15) is 15.9 Å². The van der Waals surface area contributed by atoms with Gasteiger partial charge in [-0.05, 0) is 90.5 Å². The fourth-order valence-electron chi connectivity index (χ4n) is 7.46. The van der Waals surface area contributed by atoms with E-state index in [0.717, 1.165) is 38.5 Å². The van der Waals surface area contributed by atoms with Gasteiger partial charge in [-0.2, -0.15) is 9.78 Å². The largest absolute Gasteiger partial charge is 0.404 e. The molecule has 35 heavy (non-hydrogen) atoms. The summed E-state index contributed by atoms with van der Waals surface area (Å²) in [6.45, 7) is 3.96. The van der Waals surface area contributed by atoms with E-state index >= 15 is 0 Å². The van der Waals surface area contributed by atoms with Crippen molar-refractivity contribution in [2.45, 2.75) is 70.9 Å². The number of aromatic nitrogens is 4. The molecular weight excluding hydrogens is 522 g/mol. The van der Waals surface area contributed by atoms with Crippen LogP contribution in [0.5, 0.6) is 0 Å². The van der Waals surface area contributed by atoms with Crippen molar-refractivity contribution in [1.82, 2.24) is 24.9 Å². The lowest BCUT2D eigenvalue weighted by molar-refractivity contribution is -0.390. The first kappa shape index (κ1) is 23.9. The average molecular weight is 550 g/mol. The molecule has 4 bridgehead atoms. The molecule has 4 fully saturated rings. The van der Waals surface area contributed by atoms with Crippen molar-refractivity contribution in [2.24, 2.45) is 17.3 Å². The SMILES string of the molecule is Cc1nn(CCNC(=O)CC23CC4CC(C2)CC(n2cc(Br)c([N+](=O)[O-])n2)(C4)C3)c(C)c1[N+](=O)[O-]. The number of nitrogens with one attached hydrogen (secondary N) is 1. The lowest BCUT2D eigenvalue weighted by Crippen LogP contribution is -2.57. The second kappa shape index (κ2) is 8.38. The molecule has 2 aromatic rings. The number of carbonyl (C=O) groups excluding carboxylic acids is 1. The van der Waals surface area contributed by atoms with E-state index in [1.54, 1.807) is 29.4 Å². The number of nitro groups is 2. The lowest BCUT2D eigenvalue weighted by Gasteiger charge is -2.61. The molecule has 0 saturated heterocycles. The van der Waals surface area contributed by atoms with Gasteiger partial charge in [0.15, 0.2) is 0 Å². The zero-order valence-corrected chi connectivity index (χ0v) is 21.3. The minimum atomic E-state index is -0.471. The van der Waals surface area contributed by atoms with Gasteiger partial charge in [-0.25, -0.2) is 0 Å². The molecule has 0 spiro atoms. The molecule has 2 atom stereocenters. The lowest BCUT2D eigenvalue weighted by atomic mass is 9.46. The average Bonchev–Trinajstić information content (AvgIpc) is 3.26. The number of aryl methyl sites for hydroxylation is 1. The number of amides is 1. The highest BCUT2D eigenvalue weighted by Crippen LogP contribution is 2.65. The predicted molar refractivity (Wildman–Crippen MR) is 128 cm³/mol. The zero-order chi connectivity index (χ0) is 25.1. The van der Waals surface area contributed by atoms with Crippen molar-refractivity contribution >= 4 is 33.3 Å². The second-order valence-electron chi connectivity index (χ2n) is 10.7. The number of rotatable bonds is 8. The monoisotopic (exact) mass is 549 g/mol. The molecule has 13 heteroatoms. The number of carbonyl (C=O) groups is 1. The van der Waals surface area contributed by atoms with Crippen molar-refractivity contribution in [2.75, 3.05) is 6.54 Å². The van der Waals surface area contributed by atoms with Crippen LogP contribution in [-0.4, -0.2) is 41.9 Å². The van der Waals surface area contributed by atoms with Gasteiger partial charge in [0.2, 0.25) is 5.91 Å². The normalized spacial score (nSPS) is 28.9. The molecule has 2 heterocycles. The maximum atomic E-state index is 13.0. The number of hydrogen-bond donors (Lipinski definition) is 1. The molecule has 2 aromatic heterocycles. The number of nitrogens with zero attached hydrogens (tertiary/aromatic N) is 6. The summed E-state index contributed by atoms with van der Waals surface area (Å²) in [4.78, 5) is 34.7. The van der Waals surface area contributed by atoms with Crippen LogP contribution in [-0.2, 0) is 16.9 Å². The standard InChI is InChI=1S/C22H28BrN7O5/c1-13-19(29(32)33)14(2)27(25-13)4-3-24-18(31)10-21-6-15-5-16(7-21)9-22(8-15,12-21)28-11-17(23)20(26-28)30(34)35/h11,15-16H,3-10,12H2,1-2H3,(H,24,31). The third kappa shape index (κ3) is 4.13. The summed E-state index contributed by atoms with van der Waals surface area (Å²) < 4.78 is 3.75. The van der Waals surface area contributed by atoms with Crippen LogP contribution in [0.3, 0.4) is 0 Å². The molecule has 1 N–H and O–H groups in total. The predicted octanol–water partition coefficient (Wildman–Crippen LogP) is 3.78. The van der Waals surface area contributed by atoms with E-state index in [4.69, 9.17) is 0 Å². The summed E-state index contributed by atoms with van der Waals surface area (Å²) in [5.41, 5.74) is 0.426. The van der Waals surface area contributed by atoms with Crippen LogP contribution in [0.4, 0.5) is 11.5 Å². The van der Waals surface area contributed by atoms with Gasteiger partial charge < -0.3 is 15.4 Å². The fourth-order valence-corrected chi connectivity index (χ4v) is 7.88. The molecule has 4 aliphatic carbocycles. The first-order chi connectivity index (χ1) is 16.5. The molecule has 0 aliphatic heterocycles. The Bertz CT molecular complexity index is 1210. The minimum absolute atomic E-state index is 0.0145. The summed E-state index contributed by atoms with van der Waals surface area (Å²) in [7, 11) is 0. The first-order valence-electron chi connectivity index (χ1n) is 11.9. The Morgan fingerprint density at radius 3 is 2.43 bits per heavy atom. The molecular formula is C22H28BrN7O5. The quantitative estimate of drug-likeness (QED) is 0.388. The Morgan fingerprint density at radius 2 is 1.86 bits per heavy atom. The zero-order valence-electron chi connectivity index (χ0n) is 19.7. The van der Waals surface area contributed by atoms with Crippen LogP contribution in [0, 0.1) is 51.3 Å². The van der Waals surface area contributed by atoms with Crippen LogP contribution in [0.15, 0.2) is 10.7 Å². The van der Waals surface area contributed by atoms with Crippen molar-refractivity contribution in [1.29, 1.82) is 0 Å². The Morgan fingerprint density at radius 1 is 1.17 bits per heavy atom. The highest BCUT2D eigenvalue weighted by molar-refractivity contribution is 9.10. The Hall–Kier alpha value is -2.83. The molecule has 0 aromatic carbocycles. The molecule has 188 valence electrons. The van der Waals surface area contributed by atoms with Crippen LogP contribution < -0.4 is 5.32 Å². The minimum Gasteiger partial charge on any atom is -0.358 e. The Kier molecular flexibility index (Phi) is 5.72. The van der Waals surface area contributed by atoms with E-state index in [0.29, 0.717) is 47.2 Å². The van der Waals surface area contributed by atoms with Crippen molar-refractivity contribution < 1.29 is 14.6 Å². The Balaban J connectivity index is 1.27. The van der Waals surface area contributed by atoms with E-state index in [2.05, 4.69) is 31.4 Å². The van der Waals surface area contributed by atoms with Gasteiger partial charge in [0.25, 0.3) is 0 Å². The fraction of sp³-hybridized carbons (Fsp3) is 0.682. The van der Waals surface area contributed by atoms with Crippen molar-refractivity contribution in [3.63, 3.8) is 0 Å². The van der Waals surface area contributed by atoms with E-state index in [9.17, 15) is 25.0 Å². The summed E-state index contributed by atoms with van der Waals surface area (Å²) in [6, 6.07) is 0. The summed E-state index contributed by atoms with van der Waals surface area (Å²) in [5.74, 6) is 0.769. The van der Waals surface area contributed by atoms with Crippen LogP contribution in [0.1, 0.15) is 56.3 Å². The summed E-state index contributed by atoms with van der Waals surface area (Å²) in [5, 5.41) is 34.1. The molecule has 0 radical (unpaired) electrons. The molecule has 4 saturated carbocycles. The maximum absolute atomic E-state index is 13.0. The van der Waals surface area contributed by atoms with Gasteiger partial charge in [0.05, 0.1) is 28.3 Å². The van der Waals surface area contributed by atoms with E-state index in [1.807, 2.05) is 0 Å². The summed E-state index contributed by atoms with van der Waals surface area (Å²) >= 11 is 3.28. The highest BCUT2D eigenvalue weighted by atomic mass is 79.9. The first-order valence-corrected chi connectivity index (χ1v) is 12.7. The molecule has 6 rings (SSSR count). The highest BCUT2D eigenvalue weighted by Gasteiger charge is 2.60. The number of hydrogen-bond acceptors (Lipinski definition) is 7. The second-order valence-corrected chi connectivity index (χ2v) is 11.6. The Labute approximate surface area is 209 Å². The molecule has 1 amide bonds. The molecule has 4 aliphatic rings. The van der Waals surface area contributed by atoms with Gasteiger partial charge >= 0.3 is 11.5 Å². The number of halogens is 1. The van der Waals surface area contributed by atoms with E-state index < -0.39 is 9.85 Å². The van der Waals surface area contributed by atoms with Gasteiger partial charge in [-0.1, -0.05) is 0 Å². The maximum Gasteiger partial charge on any atom is 0.404 e. The third-order valence-electron chi connectivity index (χ3n) is 8.17. The topological polar surface area (TPSA) is 151 Å². The molecule has 12 nitrogen and oxygen atoms in total. The summed E-state index contributed by atoms with van der Waals surface area (Å²) in [6.07, 6.45) is 7.93. The smallest absolute Gasteiger partial charge is 0.358 e. The van der Waals surface area contributed by atoms with Crippen LogP contribution >= 0.6 is 15.9 Å². The molecule has 2 unspecified atom stereocenters. The third-order valence-corrected chi connectivity index (χ3v) is 8.73. The van der Waals surface area contributed by atoms with E-state index in [1.165, 1.54) is 0 Å². The van der Waals surface area contributed by atoms with Gasteiger partial charge in [-0.15, -0.1) is 0 Å². The van der Waals surface area contributed by atoms with Gasteiger partial charge in [-0.3, -0.25) is 19.6 Å². The van der Waals surface area contributed by atoms with Crippen molar-refractivity contribution in [3.8, 4) is 0 Å². The van der Waals surface area contributed by atoms with E-state index in [-0.39, 0.29) is 28.4 Å². The van der Waals surface area contributed by atoms with Gasteiger partial charge in [0, 0.05) is 13.0 Å². The van der Waals surface area contributed by atoms with Crippen molar-refractivity contribution in [3.05, 3.63) is 42.3 Å².